The lowest BCUT2D eigenvalue weighted by atomic mass is 10.0. The molecule has 0 saturated carbocycles. The van der Waals surface area contributed by atoms with Crippen molar-refractivity contribution in [2.24, 2.45) is 0 Å². The molecule has 1 saturated heterocycles. The van der Waals surface area contributed by atoms with Gasteiger partial charge in [0, 0.05) is 6.54 Å². The molecule has 1 heterocycles. The van der Waals surface area contributed by atoms with Gasteiger partial charge >= 0.3 is 0 Å². The zero-order valence-electron chi connectivity index (χ0n) is 11.7. The van der Waals surface area contributed by atoms with E-state index >= 15 is 0 Å². The lowest BCUT2D eigenvalue weighted by Crippen LogP contribution is -2.61. The van der Waals surface area contributed by atoms with E-state index in [9.17, 15) is 14.0 Å². The summed E-state index contributed by atoms with van der Waals surface area (Å²) in [6.45, 7) is 3.99. The van der Waals surface area contributed by atoms with Crippen LogP contribution in [0.15, 0.2) is 24.3 Å². The molecule has 0 bridgehead atoms. The van der Waals surface area contributed by atoms with Crippen molar-refractivity contribution in [3.05, 3.63) is 35.6 Å². The predicted octanol–water partition coefficient (Wildman–Crippen LogP) is 1.84. The Morgan fingerprint density at radius 1 is 1.25 bits per heavy atom. The number of carbonyl (C=O) groups is 2. The van der Waals surface area contributed by atoms with E-state index in [0.717, 1.165) is 12.0 Å². The van der Waals surface area contributed by atoms with Gasteiger partial charge in [-0.2, -0.15) is 0 Å². The molecule has 0 spiro atoms. The molecule has 1 aliphatic heterocycles. The average molecular weight is 278 g/mol. The molecular weight excluding hydrogens is 259 g/mol. The van der Waals surface area contributed by atoms with E-state index in [2.05, 4.69) is 5.32 Å². The summed E-state index contributed by atoms with van der Waals surface area (Å²) < 4.78 is 12.9. The van der Waals surface area contributed by atoms with E-state index in [0.29, 0.717) is 13.0 Å². The third-order valence-electron chi connectivity index (χ3n) is 3.52. The maximum absolute atomic E-state index is 12.9. The van der Waals surface area contributed by atoms with Crippen LogP contribution < -0.4 is 5.32 Å². The van der Waals surface area contributed by atoms with Crippen LogP contribution in [0.2, 0.25) is 0 Å². The molecule has 108 valence electrons. The molecule has 1 N–H and O–H groups in total. The van der Waals surface area contributed by atoms with Crippen LogP contribution in [0, 0.1) is 5.82 Å². The quantitative estimate of drug-likeness (QED) is 0.913. The fourth-order valence-corrected chi connectivity index (χ4v) is 2.45. The van der Waals surface area contributed by atoms with Crippen LogP contribution in [0.5, 0.6) is 0 Å². The summed E-state index contributed by atoms with van der Waals surface area (Å²) in [6.07, 6.45) is 1.45. The monoisotopic (exact) mass is 278 g/mol. The second-order valence-corrected chi connectivity index (χ2v) is 5.13. The molecule has 0 aromatic heterocycles. The molecule has 0 aliphatic carbocycles. The van der Waals surface area contributed by atoms with E-state index < -0.39 is 12.1 Å². The number of halogens is 1. The molecule has 1 fully saturated rings. The van der Waals surface area contributed by atoms with Crippen LogP contribution in [-0.2, 0) is 16.1 Å². The van der Waals surface area contributed by atoms with Crippen molar-refractivity contribution in [2.45, 2.75) is 45.3 Å². The number of carbonyl (C=O) groups excluding carboxylic acids is 2. The summed E-state index contributed by atoms with van der Waals surface area (Å²) in [5, 5.41) is 2.70. The van der Waals surface area contributed by atoms with Crippen molar-refractivity contribution in [3.63, 3.8) is 0 Å². The van der Waals surface area contributed by atoms with Crippen molar-refractivity contribution >= 4 is 11.8 Å². The highest BCUT2D eigenvalue weighted by Crippen LogP contribution is 2.18. The van der Waals surface area contributed by atoms with Gasteiger partial charge in [0.2, 0.25) is 11.8 Å². The van der Waals surface area contributed by atoms with Crippen molar-refractivity contribution in [2.75, 3.05) is 0 Å². The van der Waals surface area contributed by atoms with Crippen LogP contribution in [0.1, 0.15) is 32.3 Å². The van der Waals surface area contributed by atoms with E-state index in [1.54, 1.807) is 24.0 Å². The maximum Gasteiger partial charge on any atom is 0.245 e. The molecule has 2 rings (SSSR count). The Morgan fingerprint density at radius 3 is 2.50 bits per heavy atom. The van der Waals surface area contributed by atoms with E-state index in [-0.39, 0.29) is 17.6 Å². The maximum atomic E-state index is 12.9. The van der Waals surface area contributed by atoms with Crippen LogP contribution in [-0.4, -0.2) is 28.8 Å². The SMILES string of the molecule is CCCC1C(=O)NC(C)C(=O)N1Cc1ccc(F)cc1. The smallest absolute Gasteiger partial charge is 0.245 e. The first-order valence-corrected chi connectivity index (χ1v) is 6.88. The summed E-state index contributed by atoms with van der Waals surface area (Å²) >= 11 is 0. The van der Waals surface area contributed by atoms with Gasteiger partial charge in [-0.1, -0.05) is 25.5 Å². The minimum absolute atomic E-state index is 0.0904. The van der Waals surface area contributed by atoms with Gasteiger partial charge in [-0.05, 0) is 31.0 Å². The average Bonchev–Trinajstić information content (AvgIpc) is 2.42. The van der Waals surface area contributed by atoms with Crippen molar-refractivity contribution in [3.8, 4) is 0 Å². The summed E-state index contributed by atoms with van der Waals surface area (Å²) in [7, 11) is 0. The van der Waals surface area contributed by atoms with Gasteiger partial charge in [0.15, 0.2) is 0 Å². The highest BCUT2D eigenvalue weighted by Gasteiger charge is 2.37. The molecule has 2 amide bonds. The third kappa shape index (κ3) is 2.98. The Morgan fingerprint density at radius 2 is 1.90 bits per heavy atom. The van der Waals surface area contributed by atoms with E-state index in [1.807, 2.05) is 6.92 Å². The van der Waals surface area contributed by atoms with Crippen LogP contribution in [0.4, 0.5) is 4.39 Å². The van der Waals surface area contributed by atoms with Crippen LogP contribution in [0.25, 0.3) is 0 Å². The van der Waals surface area contributed by atoms with Gasteiger partial charge in [0.05, 0.1) is 0 Å². The van der Waals surface area contributed by atoms with E-state index in [1.165, 1.54) is 12.1 Å². The topological polar surface area (TPSA) is 49.4 Å². The molecule has 2 atom stereocenters. The van der Waals surface area contributed by atoms with Gasteiger partial charge in [-0.3, -0.25) is 9.59 Å². The second kappa shape index (κ2) is 6.03. The van der Waals surface area contributed by atoms with Gasteiger partial charge in [-0.15, -0.1) is 0 Å². The Bertz CT molecular complexity index is 501. The number of piperazine rings is 1. The predicted molar refractivity (Wildman–Crippen MR) is 73.3 cm³/mol. The number of hydrogen-bond donors (Lipinski definition) is 1. The van der Waals surface area contributed by atoms with Crippen molar-refractivity contribution < 1.29 is 14.0 Å². The standard InChI is InChI=1S/C15H19FN2O2/c1-3-4-13-14(19)17-10(2)15(20)18(13)9-11-5-7-12(16)8-6-11/h5-8,10,13H,3-4,9H2,1-2H3,(H,17,19). The first-order chi connectivity index (χ1) is 9.52. The number of benzene rings is 1. The Kier molecular flexibility index (Phi) is 4.37. The molecule has 4 nitrogen and oxygen atoms in total. The number of hydrogen-bond acceptors (Lipinski definition) is 2. The van der Waals surface area contributed by atoms with Gasteiger partial charge in [0.25, 0.3) is 0 Å². The number of rotatable bonds is 4. The molecule has 1 aliphatic rings. The zero-order valence-corrected chi connectivity index (χ0v) is 11.7. The van der Waals surface area contributed by atoms with Gasteiger partial charge in [-0.25, -0.2) is 4.39 Å². The van der Waals surface area contributed by atoms with Crippen molar-refractivity contribution in [1.29, 1.82) is 0 Å². The fraction of sp³-hybridized carbons (Fsp3) is 0.467. The molecule has 5 heteroatoms. The molecule has 1 aromatic carbocycles. The number of nitrogens with one attached hydrogen (secondary N) is 1. The number of nitrogens with zero attached hydrogens (tertiary/aromatic N) is 1. The lowest BCUT2D eigenvalue weighted by Gasteiger charge is -2.38. The minimum Gasteiger partial charge on any atom is -0.343 e. The van der Waals surface area contributed by atoms with Crippen LogP contribution in [0.3, 0.4) is 0 Å². The molecule has 2 unspecified atom stereocenters. The summed E-state index contributed by atoms with van der Waals surface area (Å²) in [6, 6.07) is 5.07. The highest BCUT2D eigenvalue weighted by molar-refractivity contribution is 5.96. The van der Waals surface area contributed by atoms with Crippen LogP contribution >= 0.6 is 0 Å². The second-order valence-electron chi connectivity index (χ2n) is 5.13. The van der Waals surface area contributed by atoms with Gasteiger partial charge < -0.3 is 10.2 Å². The first-order valence-electron chi connectivity index (χ1n) is 6.88. The van der Waals surface area contributed by atoms with E-state index in [4.69, 9.17) is 0 Å². The molecule has 1 aromatic rings. The highest BCUT2D eigenvalue weighted by atomic mass is 19.1. The third-order valence-corrected chi connectivity index (χ3v) is 3.52. The fourth-order valence-electron chi connectivity index (χ4n) is 2.45. The normalized spacial score (nSPS) is 22.9. The Labute approximate surface area is 118 Å². The largest absolute Gasteiger partial charge is 0.343 e. The molecule has 0 radical (unpaired) electrons. The minimum atomic E-state index is -0.504. The lowest BCUT2D eigenvalue weighted by molar-refractivity contribution is -0.149. The van der Waals surface area contributed by atoms with Crippen molar-refractivity contribution in [1.82, 2.24) is 10.2 Å². The Hall–Kier alpha value is -1.91. The summed E-state index contributed by atoms with van der Waals surface area (Å²) in [4.78, 5) is 25.9. The summed E-state index contributed by atoms with van der Waals surface area (Å²) in [5.41, 5.74) is 0.822. The first kappa shape index (κ1) is 14.5. The van der Waals surface area contributed by atoms with Gasteiger partial charge in [0.1, 0.15) is 17.9 Å². The zero-order chi connectivity index (χ0) is 14.7. The molecular formula is C15H19FN2O2. The Balaban J connectivity index is 2.21. The summed E-state index contributed by atoms with van der Waals surface area (Å²) in [5.74, 6) is -0.511. The number of amides is 2. The molecule has 20 heavy (non-hydrogen) atoms.